The molecule has 0 saturated heterocycles. The monoisotopic (exact) mass is 428 g/mol. The van der Waals surface area contributed by atoms with Gasteiger partial charge in [-0.15, -0.1) is 0 Å². The van der Waals surface area contributed by atoms with Crippen molar-refractivity contribution in [2.24, 2.45) is 0 Å². The first-order valence-corrected chi connectivity index (χ1v) is 10.2. The molecule has 3 aromatic rings. The maximum atomic E-state index is 13.4. The van der Waals surface area contributed by atoms with E-state index in [-0.39, 0.29) is 24.1 Å². The van der Waals surface area contributed by atoms with E-state index in [2.05, 4.69) is 5.32 Å². The molecule has 0 spiro atoms. The van der Waals surface area contributed by atoms with Crippen molar-refractivity contribution in [3.05, 3.63) is 95.2 Å². The number of hydrogen-bond donors (Lipinski definition) is 1. The molecule has 3 aromatic carbocycles. The minimum absolute atomic E-state index is 0.193. The van der Waals surface area contributed by atoms with Gasteiger partial charge in [-0.25, -0.2) is 0 Å². The lowest BCUT2D eigenvalue weighted by Crippen LogP contribution is -2.32. The lowest BCUT2D eigenvalue weighted by molar-refractivity contribution is -0.137. The van der Waals surface area contributed by atoms with Crippen molar-refractivity contribution in [3.63, 3.8) is 0 Å². The smallest absolute Gasteiger partial charge is 0.278 e. The summed E-state index contributed by atoms with van der Waals surface area (Å²) >= 11 is 0. The normalized spacial score (nSPS) is 13.5. The molecule has 32 heavy (non-hydrogen) atoms. The maximum absolute atomic E-state index is 13.4. The second-order valence-corrected chi connectivity index (χ2v) is 7.49. The van der Waals surface area contributed by atoms with Gasteiger partial charge in [0.2, 0.25) is 0 Å². The minimum Gasteiger partial charge on any atom is -0.497 e. The van der Waals surface area contributed by atoms with E-state index in [9.17, 15) is 9.59 Å². The number of imide groups is 1. The lowest BCUT2D eigenvalue weighted by Gasteiger charge is -2.16. The zero-order chi connectivity index (χ0) is 22.7. The number of benzene rings is 3. The Morgan fingerprint density at radius 2 is 1.56 bits per heavy atom. The Morgan fingerprint density at radius 3 is 2.22 bits per heavy atom. The lowest BCUT2D eigenvalue weighted by atomic mass is 10.0. The topological polar surface area (TPSA) is 67.9 Å². The van der Waals surface area contributed by atoms with Crippen LogP contribution in [0.15, 0.2) is 78.5 Å². The molecule has 6 nitrogen and oxygen atoms in total. The highest BCUT2D eigenvalue weighted by Crippen LogP contribution is 2.35. The van der Waals surface area contributed by atoms with Crippen LogP contribution in [-0.2, 0) is 16.1 Å². The van der Waals surface area contributed by atoms with Gasteiger partial charge in [0.05, 0.1) is 32.0 Å². The standard InChI is InChI=1S/C26H24N2O4/c1-17-9-11-19(12-10-17)23-24(27-21-14-13-20(31-2)15-22(21)32-3)26(30)28(25(23)29)16-18-7-5-4-6-8-18/h4-15,27H,16H2,1-3H3. The predicted octanol–water partition coefficient (Wildman–Crippen LogP) is 4.40. The van der Waals surface area contributed by atoms with Crippen molar-refractivity contribution < 1.29 is 19.1 Å². The Bertz CT molecular complexity index is 1180. The maximum Gasteiger partial charge on any atom is 0.278 e. The molecule has 1 N–H and O–H groups in total. The van der Waals surface area contributed by atoms with E-state index in [1.807, 2.05) is 61.5 Å². The van der Waals surface area contributed by atoms with E-state index in [0.717, 1.165) is 11.1 Å². The fourth-order valence-electron chi connectivity index (χ4n) is 3.63. The summed E-state index contributed by atoms with van der Waals surface area (Å²) in [6.07, 6.45) is 0. The van der Waals surface area contributed by atoms with E-state index < -0.39 is 0 Å². The highest BCUT2D eigenvalue weighted by molar-refractivity contribution is 6.36. The molecular formula is C26H24N2O4. The summed E-state index contributed by atoms with van der Waals surface area (Å²) < 4.78 is 10.7. The number of nitrogens with one attached hydrogen (secondary N) is 1. The van der Waals surface area contributed by atoms with Crippen molar-refractivity contribution in [2.75, 3.05) is 19.5 Å². The number of rotatable bonds is 7. The van der Waals surface area contributed by atoms with Crippen LogP contribution >= 0.6 is 0 Å². The van der Waals surface area contributed by atoms with E-state index in [0.29, 0.717) is 28.3 Å². The van der Waals surface area contributed by atoms with Crippen LogP contribution in [-0.4, -0.2) is 30.9 Å². The molecule has 4 rings (SSSR count). The van der Waals surface area contributed by atoms with E-state index >= 15 is 0 Å². The highest BCUT2D eigenvalue weighted by atomic mass is 16.5. The van der Waals surface area contributed by atoms with Crippen LogP contribution in [0.4, 0.5) is 5.69 Å². The molecule has 1 aliphatic heterocycles. The molecule has 0 bridgehead atoms. The van der Waals surface area contributed by atoms with Gasteiger partial charge in [0.25, 0.3) is 11.8 Å². The van der Waals surface area contributed by atoms with E-state index in [1.54, 1.807) is 32.4 Å². The van der Waals surface area contributed by atoms with Crippen molar-refractivity contribution in [3.8, 4) is 11.5 Å². The Balaban J connectivity index is 1.76. The zero-order valence-corrected chi connectivity index (χ0v) is 18.2. The average molecular weight is 428 g/mol. The summed E-state index contributed by atoms with van der Waals surface area (Å²) in [4.78, 5) is 28.1. The molecule has 0 fully saturated rings. The minimum atomic E-state index is -0.382. The van der Waals surface area contributed by atoms with Crippen LogP contribution in [0, 0.1) is 6.92 Å². The number of hydrogen-bond acceptors (Lipinski definition) is 5. The number of carbonyl (C=O) groups excluding carboxylic acids is 2. The molecule has 0 saturated carbocycles. The van der Waals surface area contributed by atoms with E-state index in [4.69, 9.17) is 9.47 Å². The van der Waals surface area contributed by atoms with Gasteiger partial charge in [0.15, 0.2) is 0 Å². The molecule has 0 aliphatic carbocycles. The van der Waals surface area contributed by atoms with Gasteiger partial charge in [-0.2, -0.15) is 0 Å². The Kier molecular flexibility index (Phi) is 5.94. The molecular weight excluding hydrogens is 404 g/mol. The number of carbonyl (C=O) groups is 2. The number of amides is 2. The van der Waals surface area contributed by atoms with Gasteiger partial charge in [0.1, 0.15) is 17.2 Å². The largest absolute Gasteiger partial charge is 0.497 e. The van der Waals surface area contributed by atoms with Gasteiger partial charge in [-0.1, -0.05) is 60.2 Å². The molecule has 0 atom stereocenters. The molecule has 0 unspecified atom stereocenters. The highest BCUT2D eigenvalue weighted by Gasteiger charge is 2.39. The van der Waals surface area contributed by atoms with Crippen LogP contribution in [0.25, 0.3) is 5.57 Å². The van der Waals surface area contributed by atoms with Crippen molar-refractivity contribution >= 4 is 23.1 Å². The van der Waals surface area contributed by atoms with E-state index in [1.165, 1.54) is 4.90 Å². The fourth-order valence-corrected chi connectivity index (χ4v) is 3.63. The summed E-state index contributed by atoms with van der Waals surface area (Å²) in [7, 11) is 3.11. The van der Waals surface area contributed by atoms with Gasteiger partial charge in [-0.3, -0.25) is 14.5 Å². The third-order valence-corrected chi connectivity index (χ3v) is 5.36. The number of anilines is 1. The summed E-state index contributed by atoms with van der Waals surface area (Å²) in [5.74, 6) is 0.409. The molecule has 162 valence electrons. The third kappa shape index (κ3) is 4.07. The number of methoxy groups -OCH3 is 2. The third-order valence-electron chi connectivity index (χ3n) is 5.36. The molecule has 1 heterocycles. The molecule has 1 aliphatic rings. The molecule has 0 radical (unpaired) electrons. The summed E-state index contributed by atoms with van der Waals surface area (Å²) in [5.41, 5.74) is 3.75. The van der Waals surface area contributed by atoms with Crippen molar-refractivity contribution in [2.45, 2.75) is 13.5 Å². The molecule has 0 aromatic heterocycles. The molecule has 2 amide bonds. The zero-order valence-electron chi connectivity index (χ0n) is 18.2. The van der Waals surface area contributed by atoms with Crippen molar-refractivity contribution in [1.29, 1.82) is 0 Å². The van der Waals surface area contributed by atoms with Crippen LogP contribution in [0.1, 0.15) is 16.7 Å². The predicted molar refractivity (Wildman–Crippen MR) is 123 cm³/mol. The fraction of sp³-hybridized carbons (Fsp3) is 0.154. The van der Waals surface area contributed by atoms with Gasteiger partial charge < -0.3 is 14.8 Å². The Morgan fingerprint density at radius 1 is 0.844 bits per heavy atom. The number of nitrogens with zero attached hydrogens (tertiary/aromatic N) is 1. The van der Waals surface area contributed by atoms with Crippen LogP contribution < -0.4 is 14.8 Å². The number of ether oxygens (including phenoxy) is 2. The summed E-state index contributed by atoms with van der Waals surface area (Å²) in [6.45, 7) is 2.17. The SMILES string of the molecule is COc1ccc(NC2=C(c3ccc(C)cc3)C(=O)N(Cc3ccccc3)C2=O)c(OC)c1. The van der Waals surface area contributed by atoms with Crippen molar-refractivity contribution in [1.82, 2.24) is 4.90 Å². The first kappa shape index (κ1) is 21.2. The first-order chi connectivity index (χ1) is 15.5. The van der Waals surface area contributed by atoms with Crippen LogP contribution in [0.5, 0.6) is 11.5 Å². The first-order valence-electron chi connectivity index (χ1n) is 10.2. The van der Waals surface area contributed by atoms with Gasteiger partial charge in [0, 0.05) is 6.07 Å². The van der Waals surface area contributed by atoms with Gasteiger partial charge in [-0.05, 0) is 30.2 Å². The quantitative estimate of drug-likeness (QED) is 0.565. The average Bonchev–Trinajstić information content (AvgIpc) is 3.05. The van der Waals surface area contributed by atoms with Crippen LogP contribution in [0.3, 0.4) is 0 Å². The molecule has 6 heteroatoms. The second-order valence-electron chi connectivity index (χ2n) is 7.49. The Labute approximate surface area is 187 Å². The Hall–Kier alpha value is -4.06. The second kappa shape index (κ2) is 8.98. The summed E-state index contributed by atoms with van der Waals surface area (Å²) in [5, 5.41) is 3.16. The van der Waals surface area contributed by atoms with Crippen LogP contribution in [0.2, 0.25) is 0 Å². The van der Waals surface area contributed by atoms with Gasteiger partial charge >= 0.3 is 0 Å². The number of aryl methyl sites for hydroxylation is 1. The summed E-state index contributed by atoms with van der Waals surface area (Å²) in [6, 6.07) is 22.3.